The Hall–Kier alpha value is -6.39. The summed E-state index contributed by atoms with van der Waals surface area (Å²) in [4.78, 5) is 15.4. The van der Waals surface area contributed by atoms with Gasteiger partial charge in [-0.1, -0.05) is 133 Å². The minimum atomic E-state index is 0.612. The lowest BCUT2D eigenvalue weighted by Gasteiger charge is -2.13. The predicted molar refractivity (Wildman–Crippen MR) is 192 cm³/mol. The molecular formula is C43H27N3O. The molecule has 0 radical (unpaired) electrons. The van der Waals surface area contributed by atoms with E-state index in [0.29, 0.717) is 17.5 Å². The molecule has 0 atom stereocenters. The summed E-state index contributed by atoms with van der Waals surface area (Å²) in [5.74, 6) is 1.86. The van der Waals surface area contributed by atoms with Crippen LogP contribution in [0.4, 0.5) is 0 Å². The fraction of sp³-hybridized carbons (Fsp3) is 0. The summed E-state index contributed by atoms with van der Waals surface area (Å²) in [7, 11) is 0. The van der Waals surface area contributed by atoms with E-state index in [-0.39, 0.29) is 0 Å². The van der Waals surface area contributed by atoms with Crippen LogP contribution in [0.3, 0.4) is 0 Å². The topological polar surface area (TPSA) is 51.8 Å². The van der Waals surface area contributed by atoms with Crippen LogP contribution >= 0.6 is 0 Å². The summed E-state index contributed by atoms with van der Waals surface area (Å²) >= 11 is 0. The number of hydrogen-bond acceptors (Lipinski definition) is 4. The van der Waals surface area contributed by atoms with E-state index in [0.717, 1.165) is 71.7 Å². The molecule has 0 aliphatic heterocycles. The lowest BCUT2D eigenvalue weighted by molar-refractivity contribution is 0.672. The molecule has 0 saturated carbocycles. The maximum absolute atomic E-state index is 6.49. The second-order valence-corrected chi connectivity index (χ2v) is 11.6. The van der Waals surface area contributed by atoms with Gasteiger partial charge in [-0.25, -0.2) is 15.0 Å². The minimum Gasteiger partial charge on any atom is -0.455 e. The maximum Gasteiger partial charge on any atom is 0.164 e. The Kier molecular flexibility index (Phi) is 6.43. The van der Waals surface area contributed by atoms with Gasteiger partial charge in [0, 0.05) is 32.8 Å². The Labute approximate surface area is 271 Å². The maximum atomic E-state index is 6.49. The van der Waals surface area contributed by atoms with E-state index < -0.39 is 0 Å². The number of furan rings is 1. The SMILES string of the molecule is c1ccc(-c2cccc(-c3nc(-c4ccccc4)nc(-c4cc5c6ccccc6oc5c5ccc(-c6ccccc6)cc45)n3)c2)cc1. The van der Waals surface area contributed by atoms with Crippen molar-refractivity contribution in [3.8, 4) is 56.4 Å². The van der Waals surface area contributed by atoms with Crippen molar-refractivity contribution in [3.63, 3.8) is 0 Å². The summed E-state index contributed by atoms with van der Waals surface area (Å²) in [5.41, 5.74) is 9.00. The first-order valence-corrected chi connectivity index (χ1v) is 15.7. The van der Waals surface area contributed by atoms with Crippen LogP contribution in [0.5, 0.6) is 0 Å². The van der Waals surface area contributed by atoms with Gasteiger partial charge in [0.1, 0.15) is 11.2 Å². The van der Waals surface area contributed by atoms with Crippen LogP contribution in [-0.4, -0.2) is 15.0 Å². The van der Waals surface area contributed by atoms with E-state index in [2.05, 4.69) is 103 Å². The van der Waals surface area contributed by atoms with Crippen molar-refractivity contribution in [2.75, 3.05) is 0 Å². The number of fused-ring (bicyclic) bond motifs is 5. The third kappa shape index (κ3) is 4.84. The quantitative estimate of drug-likeness (QED) is 0.197. The Balaban J connectivity index is 1.33. The number of hydrogen-bond donors (Lipinski definition) is 0. The summed E-state index contributed by atoms with van der Waals surface area (Å²) < 4.78 is 6.49. The third-order valence-electron chi connectivity index (χ3n) is 8.72. The molecule has 0 bridgehead atoms. The highest BCUT2D eigenvalue weighted by atomic mass is 16.3. The minimum absolute atomic E-state index is 0.612. The van der Waals surface area contributed by atoms with E-state index in [1.54, 1.807) is 0 Å². The highest BCUT2D eigenvalue weighted by Crippen LogP contribution is 2.41. The van der Waals surface area contributed by atoms with Crippen LogP contribution in [0, 0.1) is 0 Å². The molecule has 0 unspecified atom stereocenters. The molecule has 0 fully saturated rings. The standard InChI is InChI=1S/C43H27N3O/c1-4-13-28(14-5-1)31-19-12-20-33(25-31)42-44-41(30-17-8-3-9-18-30)45-43(46-42)38-27-37-34-21-10-11-22-39(34)47-40(37)35-24-23-32(26-36(35)38)29-15-6-2-7-16-29/h1-27H. The summed E-state index contributed by atoms with van der Waals surface area (Å²) in [5, 5.41) is 4.13. The molecule has 4 heteroatoms. The molecular weight excluding hydrogens is 574 g/mol. The van der Waals surface area contributed by atoms with Crippen molar-refractivity contribution in [2.45, 2.75) is 0 Å². The monoisotopic (exact) mass is 601 g/mol. The zero-order valence-corrected chi connectivity index (χ0v) is 25.3. The molecule has 9 rings (SSSR count). The van der Waals surface area contributed by atoms with Crippen LogP contribution < -0.4 is 0 Å². The lowest BCUT2D eigenvalue weighted by atomic mass is 9.95. The molecule has 2 aromatic heterocycles. The molecule has 220 valence electrons. The molecule has 9 aromatic rings. The largest absolute Gasteiger partial charge is 0.455 e. The van der Waals surface area contributed by atoms with E-state index in [1.165, 1.54) is 0 Å². The van der Waals surface area contributed by atoms with Gasteiger partial charge in [0.25, 0.3) is 0 Å². The number of nitrogens with zero attached hydrogens (tertiary/aromatic N) is 3. The number of benzene rings is 7. The van der Waals surface area contributed by atoms with Gasteiger partial charge in [0.05, 0.1) is 0 Å². The fourth-order valence-electron chi connectivity index (χ4n) is 6.40. The summed E-state index contributed by atoms with van der Waals surface area (Å²) in [6.45, 7) is 0. The second-order valence-electron chi connectivity index (χ2n) is 11.6. The van der Waals surface area contributed by atoms with Crippen LogP contribution in [-0.2, 0) is 0 Å². The molecule has 7 aromatic carbocycles. The molecule has 0 saturated heterocycles. The van der Waals surface area contributed by atoms with E-state index in [9.17, 15) is 0 Å². The Morgan fingerprint density at radius 1 is 0.319 bits per heavy atom. The molecule has 47 heavy (non-hydrogen) atoms. The third-order valence-corrected chi connectivity index (χ3v) is 8.72. The molecule has 0 aliphatic carbocycles. The average molecular weight is 602 g/mol. The highest BCUT2D eigenvalue weighted by molar-refractivity contribution is 6.19. The second kappa shape index (κ2) is 11.2. The van der Waals surface area contributed by atoms with Gasteiger partial charge >= 0.3 is 0 Å². The van der Waals surface area contributed by atoms with Crippen molar-refractivity contribution in [2.24, 2.45) is 0 Å². The van der Waals surface area contributed by atoms with E-state index in [4.69, 9.17) is 19.4 Å². The van der Waals surface area contributed by atoms with Crippen LogP contribution in [0.1, 0.15) is 0 Å². The van der Waals surface area contributed by atoms with Crippen molar-refractivity contribution in [1.82, 2.24) is 15.0 Å². The van der Waals surface area contributed by atoms with Gasteiger partial charge in [0.15, 0.2) is 17.5 Å². The van der Waals surface area contributed by atoms with Crippen LogP contribution in [0.25, 0.3) is 89.1 Å². The van der Waals surface area contributed by atoms with E-state index in [1.807, 2.05) is 60.7 Å². The summed E-state index contributed by atoms with van der Waals surface area (Å²) in [6, 6.07) is 56.3. The van der Waals surface area contributed by atoms with Crippen LogP contribution in [0.15, 0.2) is 168 Å². The van der Waals surface area contributed by atoms with Gasteiger partial charge in [-0.05, 0) is 58.0 Å². The van der Waals surface area contributed by atoms with Crippen LogP contribution in [0.2, 0.25) is 0 Å². The van der Waals surface area contributed by atoms with Gasteiger partial charge in [-0.15, -0.1) is 0 Å². The summed E-state index contributed by atoms with van der Waals surface area (Å²) in [6.07, 6.45) is 0. The normalized spacial score (nSPS) is 11.4. The Morgan fingerprint density at radius 3 is 1.60 bits per heavy atom. The molecule has 2 heterocycles. The Morgan fingerprint density at radius 2 is 0.872 bits per heavy atom. The number of aromatic nitrogens is 3. The molecule has 0 amide bonds. The lowest BCUT2D eigenvalue weighted by Crippen LogP contribution is -2.01. The van der Waals surface area contributed by atoms with E-state index >= 15 is 0 Å². The fourth-order valence-corrected chi connectivity index (χ4v) is 6.40. The molecule has 0 aliphatic rings. The first-order valence-electron chi connectivity index (χ1n) is 15.7. The van der Waals surface area contributed by atoms with Gasteiger partial charge in [0.2, 0.25) is 0 Å². The number of para-hydroxylation sites is 1. The molecule has 0 N–H and O–H groups in total. The highest BCUT2D eigenvalue weighted by Gasteiger charge is 2.19. The van der Waals surface area contributed by atoms with Crippen molar-refractivity contribution < 1.29 is 4.42 Å². The smallest absolute Gasteiger partial charge is 0.164 e. The molecule has 0 spiro atoms. The van der Waals surface area contributed by atoms with Gasteiger partial charge in [-0.3, -0.25) is 0 Å². The Bertz CT molecular complexity index is 2560. The predicted octanol–water partition coefficient (Wildman–Crippen LogP) is 11.3. The molecule has 4 nitrogen and oxygen atoms in total. The average Bonchev–Trinajstić information content (AvgIpc) is 3.54. The van der Waals surface area contributed by atoms with Gasteiger partial charge < -0.3 is 4.42 Å². The van der Waals surface area contributed by atoms with Gasteiger partial charge in [-0.2, -0.15) is 0 Å². The van der Waals surface area contributed by atoms with Crippen molar-refractivity contribution >= 4 is 32.7 Å². The van der Waals surface area contributed by atoms with Crippen molar-refractivity contribution in [1.29, 1.82) is 0 Å². The first kappa shape index (κ1) is 27.0. The zero-order valence-electron chi connectivity index (χ0n) is 25.3. The zero-order chi connectivity index (χ0) is 31.2. The first-order chi connectivity index (χ1) is 23.3. The van der Waals surface area contributed by atoms with Crippen molar-refractivity contribution in [3.05, 3.63) is 164 Å². The number of rotatable bonds is 5.